The summed E-state index contributed by atoms with van der Waals surface area (Å²) in [7, 11) is 0. The highest BCUT2D eigenvalue weighted by atomic mass is 32.1. The molecule has 0 fully saturated rings. The average molecular weight is 287 g/mol. The minimum absolute atomic E-state index is 0.0644. The van der Waals surface area contributed by atoms with E-state index < -0.39 is 0 Å². The number of para-hydroxylation sites is 2. The number of aliphatic hydroxyl groups is 1. The highest BCUT2D eigenvalue weighted by Gasteiger charge is 1.95. The maximum absolute atomic E-state index is 8.40. The Labute approximate surface area is 122 Å². The Balaban J connectivity index is 0.000000147. The lowest BCUT2D eigenvalue weighted by atomic mass is 10.3. The standard InChI is InChI=1S/C8H7NS.C8H10O2/c1-6-9-7-4-2-3-5-8(7)10-6;9-6-7-10-8-4-2-1-3-5-8/h2-5H,1H3;1-5,9H,6-7H2. The number of ether oxygens (including phenoxy) is 1. The second-order valence-corrected chi connectivity index (χ2v) is 5.32. The molecular weight excluding hydrogens is 270 g/mol. The molecule has 3 aromatic rings. The first-order chi connectivity index (χ1) is 9.79. The summed E-state index contributed by atoms with van der Waals surface area (Å²) in [6.45, 7) is 2.46. The van der Waals surface area contributed by atoms with E-state index in [4.69, 9.17) is 9.84 Å². The van der Waals surface area contributed by atoms with E-state index >= 15 is 0 Å². The number of fused-ring (bicyclic) bond motifs is 1. The lowest BCUT2D eigenvalue weighted by molar-refractivity contribution is 0.201. The Morgan fingerprint density at radius 3 is 2.45 bits per heavy atom. The summed E-state index contributed by atoms with van der Waals surface area (Å²) in [5, 5.41) is 9.54. The predicted octanol–water partition coefficient (Wildman–Crippen LogP) is 3.66. The first-order valence-corrected chi connectivity index (χ1v) is 7.22. The van der Waals surface area contributed by atoms with Crippen LogP contribution in [0.2, 0.25) is 0 Å². The topological polar surface area (TPSA) is 42.4 Å². The van der Waals surface area contributed by atoms with Crippen LogP contribution < -0.4 is 4.74 Å². The molecule has 0 aliphatic carbocycles. The van der Waals surface area contributed by atoms with Crippen molar-refractivity contribution >= 4 is 21.6 Å². The Bertz CT molecular complexity index is 604. The second-order valence-electron chi connectivity index (χ2n) is 4.09. The van der Waals surface area contributed by atoms with Gasteiger partial charge in [0, 0.05) is 0 Å². The van der Waals surface area contributed by atoms with Crippen LogP contribution >= 0.6 is 11.3 Å². The quantitative estimate of drug-likeness (QED) is 0.799. The van der Waals surface area contributed by atoms with Gasteiger partial charge in [0.25, 0.3) is 0 Å². The zero-order valence-corrected chi connectivity index (χ0v) is 12.1. The van der Waals surface area contributed by atoms with Crippen LogP contribution in [0.15, 0.2) is 54.6 Å². The van der Waals surface area contributed by atoms with Gasteiger partial charge < -0.3 is 9.84 Å². The maximum Gasteiger partial charge on any atom is 0.119 e. The lowest BCUT2D eigenvalue weighted by Crippen LogP contribution is -2.00. The number of aryl methyl sites for hydroxylation is 1. The van der Waals surface area contributed by atoms with Gasteiger partial charge in [0.2, 0.25) is 0 Å². The Morgan fingerprint density at radius 2 is 1.75 bits per heavy atom. The molecule has 1 N–H and O–H groups in total. The van der Waals surface area contributed by atoms with Crippen LogP contribution in [0.5, 0.6) is 5.75 Å². The van der Waals surface area contributed by atoms with E-state index in [9.17, 15) is 0 Å². The highest BCUT2D eigenvalue weighted by molar-refractivity contribution is 7.18. The van der Waals surface area contributed by atoms with Gasteiger partial charge in [-0.25, -0.2) is 4.98 Å². The largest absolute Gasteiger partial charge is 0.491 e. The van der Waals surface area contributed by atoms with Crippen LogP contribution in [-0.2, 0) is 0 Å². The lowest BCUT2D eigenvalue weighted by Gasteiger charge is -2.01. The van der Waals surface area contributed by atoms with Crippen molar-refractivity contribution in [1.29, 1.82) is 0 Å². The fourth-order valence-corrected chi connectivity index (χ4v) is 2.49. The molecule has 4 heteroatoms. The van der Waals surface area contributed by atoms with Crippen molar-refractivity contribution in [3.05, 3.63) is 59.6 Å². The van der Waals surface area contributed by atoms with E-state index in [1.807, 2.05) is 55.5 Å². The summed E-state index contributed by atoms with van der Waals surface area (Å²) in [5.41, 5.74) is 1.12. The van der Waals surface area contributed by atoms with Crippen LogP contribution in [0.25, 0.3) is 10.2 Å². The SMILES string of the molecule is Cc1nc2ccccc2s1.OCCOc1ccccc1. The molecule has 0 aliphatic heterocycles. The number of aromatic nitrogens is 1. The number of thiazole rings is 1. The first kappa shape index (κ1) is 14.5. The highest BCUT2D eigenvalue weighted by Crippen LogP contribution is 2.19. The van der Waals surface area contributed by atoms with Crippen LogP contribution in [-0.4, -0.2) is 23.3 Å². The average Bonchev–Trinajstić information content (AvgIpc) is 2.87. The molecule has 3 nitrogen and oxygen atoms in total. The zero-order valence-electron chi connectivity index (χ0n) is 11.3. The van der Waals surface area contributed by atoms with Gasteiger partial charge in [-0.1, -0.05) is 30.3 Å². The van der Waals surface area contributed by atoms with E-state index in [2.05, 4.69) is 11.1 Å². The summed E-state index contributed by atoms with van der Waals surface area (Å²) in [4.78, 5) is 4.33. The van der Waals surface area contributed by atoms with Gasteiger partial charge in [-0.2, -0.15) is 0 Å². The normalized spacial score (nSPS) is 9.90. The van der Waals surface area contributed by atoms with Gasteiger partial charge in [-0.05, 0) is 31.2 Å². The van der Waals surface area contributed by atoms with Gasteiger partial charge >= 0.3 is 0 Å². The molecule has 1 aromatic heterocycles. The fraction of sp³-hybridized carbons (Fsp3) is 0.188. The summed E-state index contributed by atoms with van der Waals surface area (Å²) < 4.78 is 6.38. The maximum atomic E-state index is 8.40. The Morgan fingerprint density at radius 1 is 1.05 bits per heavy atom. The molecule has 1 heterocycles. The third-order valence-electron chi connectivity index (χ3n) is 2.50. The minimum Gasteiger partial charge on any atom is -0.491 e. The molecule has 0 spiro atoms. The van der Waals surface area contributed by atoms with Crippen molar-refractivity contribution in [2.75, 3.05) is 13.2 Å². The van der Waals surface area contributed by atoms with Gasteiger partial charge in [0.1, 0.15) is 12.4 Å². The number of rotatable bonds is 3. The van der Waals surface area contributed by atoms with Gasteiger partial charge in [-0.3, -0.25) is 0 Å². The third-order valence-corrected chi connectivity index (χ3v) is 3.46. The molecule has 0 aliphatic rings. The van der Waals surface area contributed by atoms with Crippen molar-refractivity contribution in [2.24, 2.45) is 0 Å². The number of benzene rings is 2. The van der Waals surface area contributed by atoms with E-state index in [1.165, 1.54) is 4.70 Å². The summed E-state index contributed by atoms with van der Waals surface area (Å²) in [5.74, 6) is 0.802. The molecule has 3 rings (SSSR count). The van der Waals surface area contributed by atoms with Crippen molar-refractivity contribution in [1.82, 2.24) is 4.98 Å². The molecule has 0 unspecified atom stereocenters. The molecule has 0 radical (unpaired) electrons. The predicted molar refractivity (Wildman–Crippen MR) is 83.4 cm³/mol. The van der Waals surface area contributed by atoms with Crippen LogP contribution in [0, 0.1) is 6.92 Å². The molecule has 0 amide bonds. The van der Waals surface area contributed by atoms with Gasteiger partial charge in [-0.15, -0.1) is 11.3 Å². The van der Waals surface area contributed by atoms with Crippen molar-refractivity contribution in [3.63, 3.8) is 0 Å². The Kier molecular flexibility index (Phi) is 5.53. The fourth-order valence-electron chi connectivity index (χ4n) is 1.67. The van der Waals surface area contributed by atoms with E-state index in [-0.39, 0.29) is 6.61 Å². The smallest absolute Gasteiger partial charge is 0.119 e. The summed E-state index contributed by atoms with van der Waals surface area (Å²) in [6, 6.07) is 17.6. The number of nitrogens with zero attached hydrogens (tertiary/aromatic N) is 1. The summed E-state index contributed by atoms with van der Waals surface area (Å²) in [6.07, 6.45) is 0. The minimum atomic E-state index is 0.0644. The van der Waals surface area contributed by atoms with Crippen LogP contribution in [0.4, 0.5) is 0 Å². The van der Waals surface area contributed by atoms with Crippen molar-refractivity contribution < 1.29 is 9.84 Å². The molecule has 2 aromatic carbocycles. The van der Waals surface area contributed by atoms with E-state index in [1.54, 1.807) is 11.3 Å². The van der Waals surface area contributed by atoms with Crippen LogP contribution in [0.3, 0.4) is 0 Å². The monoisotopic (exact) mass is 287 g/mol. The first-order valence-electron chi connectivity index (χ1n) is 6.40. The molecular formula is C16H17NO2S. The number of hydrogen-bond acceptors (Lipinski definition) is 4. The van der Waals surface area contributed by atoms with E-state index in [0.717, 1.165) is 16.3 Å². The number of aliphatic hydroxyl groups excluding tert-OH is 1. The molecule has 104 valence electrons. The molecule has 0 saturated carbocycles. The Hall–Kier alpha value is -1.91. The van der Waals surface area contributed by atoms with Crippen molar-refractivity contribution in [3.8, 4) is 5.75 Å². The second kappa shape index (κ2) is 7.62. The molecule has 20 heavy (non-hydrogen) atoms. The number of hydrogen-bond donors (Lipinski definition) is 1. The molecule has 0 saturated heterocycles. The van der Waals surface area contributed by atoms with Crippen molar-refractivity contribution in [2.45, 2.75) is 6.92 Å². The van der Waals surface area contributed by atoms with Gasteiger partial charge in [0.15, 0.2) is 0 Å². The molecule has 0 bridgehead atoms. The van der Waals surface area contributed by atoms with Gasteiger partial charge in [0.05, 0.1) is 21.8 Å². The third kappa shape index (κ3) is 4.33. The zero-order chi connectivity index (χ0) is 14.2. The van der Waals surface area contributed by atoms with Crippen LogP contribution in [0.1, 0.15) is 5.01 Å². The van der Waals surface area contributed by atoms with E-state index in [0.29, 0.717) is 6.61 Å². The molecule has 0 atom stereocenters. The summed E-state index contributed by atoms with van der Waals surface area (Å²) >= 11 is 1.74.